The molecule has 3 aliphatic rings. The summed E-state index contributed by atoms with van der Waals surface area (Å²) in [7, 11) is 0. The van der Waals surface area contributed by atoms with Crippen LogP contribution in [0.1, 0.15) is 57.8 Å². The zero-order chi connectivity index (χ0) is 12.4. The maximum Gasteiger partial charge on any atom is 0.0196 e. The van der Waals surface area contributed by atoms with Crippen molar-refractivity contribution in [2.45, 2.75) is 63.8 Å². The maximum atomic E-state index is 6.44. The molecule has 3 unspecified atom stereocenters. The Labute approximate surface area is 112 Å². The highest BCUT2D eigenvalue weighted by Crippen LogP contribution is 2.36. The molecule has 0 spiro atoms. The molecule has 2 N–H and O–H groups in total. The molecule has 0 aromatic heterocycles. The molecule has 2 nitrogen and oxygen atoms in total. The lowest BCUT2D eigenvalue weighted by molar-refractivity contribution is 0.0781. The Morgan fingerprint density at radius 3 is 2.33 bits per heavy atom. The Kier molecular flexibility index (Phi) is 4.25. The minimum Gasteiger partial charge on any atom is -0.326 e. The van der Waals surface area contributed by atoms with Crippen LogP contribution in [0.25, 0.3) is 0 Å². The minimum atomic E-state index is 0.452. The van der Waals surface area contributed by atoms with Crippen LogP contribution in [0.15, 0.2) is 0 Å². The number of piperidine rings is 1. The molecule has 0 radical (unpaired) electrons. The highest BCUT2D eigenvalue weighted by atomic mass is 15.1. The number of nitrogens with two attached hydrogens (primary N) is 1. The van der Waals surface area contributed by atoms with Crippen LogP contribution in [-0.4, -0.2) is 30.6 Å². The van der Waals surface area contributed by atoms with Crippen LogP contribution in [-0.2, 0) is 0 Å². The molecule has 2 heteroatoms. The summed E-state index contributed by atoms with van der Waals surface area (Å²) < 4.78 is 0. The van der Waals surface area contributed by atoms with Crippen LogP contribution in [0.3, 0.4) is 0 Å². The summed E-state index contributed by atoms with van der Waals surface area (Å²) in [5, 5.41) is 0. The first-order valence-electron chi connectivity index (χ1n) is 8.31. The first-order valence-corrected chi connectivity index (χ1v) is 8.31. The van der Waals surface area contributed by atoms with Gasteiger partial charge in [0, 0.05) is 19.1 Å². The monoisotopic (exact) mass is 250 g/mol. The molecule has 3 atom stereocenters. The van der Waals surface area contributed by atoms with Gasteiger partial charge in [0.2, 0.25) is 0 Å². The van der Waals surface area contributed by atoms with Crippen LogP contribution in [0.4, 0.5) is 0 Å². The third kappa shape index (κ3) is 2.91. The maximum absolute atomic E-state index is 6.44. The lowest BCUT2D eigenvalue weighted by Gasteiger charge is -2.42. The molecule has 2 aliphatic carbocycles. The second-order valence-corrected chi connectivity index (χ2v) is 7.06. The van der Waals surface area contributed by atoms with Crippen LogP contribution >= 0.6 is 0 Å². The lowest BCUT2D eigenvalue weighted by Crippen LogP contribution is -2.48. The fourth-order valence-electron chi connectivity index (χ4n) is 4.67. The van der Waals surface area contributed by atoms with Gasteiger partial charge in [0.25, 0.3) is 0 Å². The molecule has 3 fully saturated rings. The van der Waals surface area contributed by atoms with Crippen LogP contribution < -0.4 is 5.73 Å². The highest BCUT2D eigenvalue weighted by Gasteiger charge is 2.32. The standard InChI is InChI=1S/C16H30N2/c17-16(14-6-2-3-7-14)12-18-10-9-13-5-1-4-8-15(13)11-18/h13-16H,1-12,17H2. The number of hydrogen-bond acceptors (Lipinski definition) is 2. The average Bonchev–Trinajstić information content (AvgIpc) is 2.92. The largest absolute Gasteiger partial charge is 0.326 e. The van der Waals surface area contributed by atoms with E-state index in [1.807, 2.05) is 0 Å². The van der Waals surface area contributed by atoms with Crippen LogP contribution in [0.2, 0.25) is 0 Å². The van der Waals surface area contributed by atoms with Crippen molar-refractivity contribution in [2.75, 3.05) is 19.6 Å². The predicted molar refractivity (Wildman–Crippen MR) is 76.4 cm³/mol. The second-order valence-electron chi connectivity index (χ2n) is 7.06. The van der Waals surface area contributed by atoms with Crippen molar-refractivity contribution < 1.29 is 0 Å². The molecule has 2 saturated carbocycles. The van der Waals surface area contributed by atoms with E-state index in [2.05, 4.69) is 4.90 Å². The molecular formula is C16H30N2. The van der Waals surface area contributed by atoms with E-state index in [4.69, 9.17) is 5.73 Å². The first kappa shape index (κ1) is 12.9. The van der Waals surface area contributed by atoms with Crippen molar-refractivity contribution >= 4 is 0 Å². The number of likely N-dealkylation sites (tertiary alicyclic amines) is 1. The van der Waals surface area contributed by atoms with Crippen molar-refractivity contribution in [1.82, 2.24) is 4.90 Å². The number of nitrogens with zero attached hydrogens (tertiary/aromatic N) is 1. The molecule has 104 valence electrons. The van der Waals surface area contributed by atoms with E-state index in [0.29, 0.717) is 6.04 Å². The quantitative estimate of drug-likeness (QED) is 0.834. The van der Waals surface area contributed by atoms with Crippen molar-refractivity contribution in [3.8, 4) is 0 Å². The molecule has 3 rings (SSSR count). The fraction of sp³-hybridized carbons (Fsp3) is 1.00. The summed E-state index contributed by atoms with van der Waals surface area (Å²) in [6, 6.07) is 0.452. The van der Waals surface area contributed by atoms with Gasteiger partial charge >= 0.3 is 0 Å². The zero-order valence-electron chi connectivity index (χ0n) is 11.8. The summed E-state index contributed by atoms with van der Waals surface area (Å²) in [5.41, 5.74) is 6.44. The van der Waals surface area contributed by atoms with E-state index >= 15 is 0 Å². The van der Waals surface area contributed by atoms with E-state index in [1.165, 1.54) is 77.4 Å². The van der Waals surface area contributed by atoms with Gasteiger partial charge in [-0.1, -0.05) is 32.1 Å². The number of fused-ring (bicyclic) bond motifs is 1. The third-order valence-corrected chi connectivity index (χ3v) is 5.85. The Balaban J connectivity index is 1.48. The molecular weight excluding hydrogens is 220 g/mol. The summed E-state index contributed by atoms with van der Waals surface area (Å²) in [6.07, 6.45) is 13.0. The Morgan fingerprint density at radius 2 is 1.56 bits per heavy atom. The topological polar surface area (TPSA) is 29.3 Å². The van der Waals surface area contributed by atoms with Gasteiger partial charge in [-0.15, -0.1) is 0 Å². The van der Waals surface area contributed by atoms with E-state index in [1.54, 1.807) is 0 Å². The molecule has 0 amide bonds. The van der Waals surface area contributed by atoms with Crippen LogP contribution in [0.5, 0.6) is 0 Å². The van der Waals surface area contributed by atoms with Crippen molar-refractivity contribution in [1.29, 1.82) is 0 Å². The van der Waals surface area contributed by atoms with Crippen molar-refractivity contribution in [2.24, 2.45) is 23.5 Å². The van der Waals surface area contributed by atoms with Gasteiger partial charge in [0.05, 0.1) is 0 Å². The first-order chi connectivity index (χ1) is 8.83. The molecule has 0 aromatic rings. The summed E-state index contributed by atoms with van der Waals surface area (Å²) >= 11 is 0. The van der Waals surface area contributed by atoms with Gasteiger partial charge in [-0.25, -0.2) is 0 Å². The zero-order valence-corrected chi connectivity index (χ0v) is 11.8. The molecule has 1 heterocycles. The Bertz CT molecular complexity index is 260. The van der Waals surface area contributed by atoms with Crippen molar-refractivity contribution in [3.05, 3.63) is 0 Å². The van der Waals surface area contributed by atoms with E-state index in [9.17, 15) is 0 Å². The van der Waals surface area contributed by atoms with E-state index in [-0.39, 0.29) is 0 Å². The molecule has 0 aromatic carbocycles. The fourth-order valence-corrected chi connectivity index (χ4v) is 4.67. The smallest absolute Gasteiger partial charge is 0.0196 e. The SMILES string of the molecule is NC(CN1CCC2CCCCC2C1)C1CCCC1. The summed E-state index contributed by atoms with van der Waals surface area (Å²) in [5.74, 6) is 2.88. The van der Waals surface area contributed by atoms with Gasteiger partial charge in [-0.05, 0) is 50.0 Å². The predicted octanol–water partition coefficient (Wildman–Crippen LogP) is 3.02. The van der Waals surface area contributed by atoms with E-state index in [0.717, 1.165) is 17.8 Å². The summed E-state index contributed by atoms with van der Waals surface area (Å²) in [4.78, 5) is 2.69. The lowest BCUT2D eigenvalue weighted by atomic mass is 9.75. The van der Waals surface area contributed by atoms with Gasteiger partial charge in [-0.2, -0.15) is 0 Å². The highest BCUT2D eigenvalue weighted by molar-refractivity contribution is 4.87. The Hall–Kier alpha value is -0.0800. The summed E-state index contributed by atoms with van der Waals surface area (Å²) in [6.45, 7) is 3.85. The number of rotatable bonds is 3. The number of hydrogen-bond donors (Lipinski definition) is 1. The third-order valence-electron chi connectivity index (χ3n) is 5.85. The molecule has 18 heavy (non-hydrogen) atoms. The molecule has 1 saturated heterocycles. The van der Waals surface area contributed by atoms with Gasteiger partial charge < -0.3 is 10.6 Å². The minimum absolute atomic E-state index is 0.452. The van der Waals surface area contributed by atoms with Gasteiger partial charge in [0.1, 0.15) is 0 Å². The van der Waals surface area contributed by atoms with Gasteiger partial charge in [-0.3, -0.25) is 0 Å². The van der Waals surface area contributed by atoms with Crippen LogP contribution in [0, 0.1) is 17.8 Å². The molecule has 0 bridgehead atoms. The van der Waals surface area contributed by atoms with Gasteiger partial charge in [0.15, 0.2) is 0 Å². The normalized spacial score (nSPS) is 36.5. The second kappa shape index (κ2) is 5.92. The Morgan fingerprint density at radius 1 is 0.889 bits per heavy atom. The van der Waals surface area contributed by atoms with E-state index < -0.39 is 0 Å². The van der Waals surface area contributed by atoms with Crippen molar-refractivity contribution in [3.63, 3.8) is 0 Å². The average molecular weight is 250 g/mol. The molecule has 1 aliphatic heterocycles.